The first kappa shape index (κ1) is 24.4. The molecule has 3 fully saturated rings. The van der Waals surface area contributed by atoms with Gasteiger partial charge in [0.1, 0.15) is 12.1 Å². The van der Waals surface area contributed by atoms with E-state index in [0.29, 0.717) is 36.3 Å². The van der Waals surface area contributed by atoms with Crippen molar-refractivity contribution < 1.29 is 28.7 Å². The minimum atomic E-state index is -1.23. The number of ketones is 1. The minimum Gasteiger partial charge on any atom is -0.454 e. The van der Waals surface area contributed by atoms with Crippen molar-refractivity contribution >= 4 is 41.1 Å². The summed E-state index contributed by atoms with van der Waals surface area (Å²) in [5, 5.41) is 0.391. The fourth-order valence-electron chi connectivity index (χ4n) is 5.64. The maximum Gasteiger partial charge on any atom is 0.326 e. The van der Waals surface area contributed by atoms with E-state index in [9.17, 15) is 24.0 Å². The largest absolute Gasteiger partial charge is 0.454 e. The van der Waals surface area contributed by atoms with Crippen LogP contribution in [0.15, 0.2) is 24.3 Å². The van der Waals surface area contributed by atoms with Crippen LogP contribution in [-0.4, -0.2) is 59.5 Å². The first-order chi connectivity index (χ1) is 16.3. The molecule has 0 radical (unpaired) electrons. The number of imide groups is 1. The minimum absolute atomic E-state index is 0.107. The van der Waals surface area contributed by atoms with Crippen LogP contribution in [0.2, 0.25) is 5.02 Å². The van der Waals surface area contributed by atoms with Crippen LogP contribution >= 0.6 is 11.6 Å². The number of fused-ring (bicyclic) bond motifs is 1. The predicted octanol–water partition coefficient (Wildman–Crippen LogP) is 2.86. The van der Waals surface area contributed by atoms with Crippen molar-refractivity contribution in [2.75, 3.05) is 20.2 Å². The Bertz CT molecular complexity index is 1000. The molecule has 2 saturated carbocycles. The highest BCUT2D eigenvalue weighted by Gasteiger charge is 2.50. The van der Waals surface area contributed by atoms with Gasteiger partial charge in [0.05, 0.1) is 11.8 Å². The number of likely N-dealkylation sites (tertiary alicyclic amines) is 1. The van der Waals surface area contributed by atoms with Crippen LogP contribution in [-0.2, 0) is 34.2 Å². The predicted molar refractivity (Wildman–Crippen MR) is 123 cm³/mol. The number of esters is 1. The first-order valence-electron chi connectivity index (χ1n) is 11.8. The van der Waals surface area contributed by atoms with E-state index >= 15 is 0 Å². The van der Waals surface area contributed by atoms with Gasteiger partial charge in [-0.3, -0.25) is 28.9 Å². The van der Waals surface area contributed by atoms with Gasteiger partial charge in [-0.2, -0.15) is 0 Å². The number of hydrogen-bond donors (Lipinski definition) is 0. The molecule has 3 aliphatic rings. The van der Waals surface area contributed by atoms with Gasteiger partial charge in [0.25, 0.3) is 5.91 Å². The molecule has 1 aromatic carbocycles. The van der Waals surface area contributed by atoms with Gasteiger partial charge in [-0.05, 0) is 38.2 Å². The fourth-order valence-corrected chi connectivity index (χ4v) is 5.94. The molecule has 9 heteroatoms. The number of nitrogens with zero attached hydrogens (tertiary/aromatic N) is 2. The lowest BCUT2D eigenvalue weighted by Crippen LogP contribution is -2.55. The molecule has 3 amide bonds. The summed E-state index contributed by atoms with van der Waals surface area (Å²) in [6.45, 7) is -1.10. The fraction of sp³-hybridized carbons (Fsp3) is 0.560. The molecule has 182 valence electrons. The van der Waals surface area contributed by atoms with Crippen LogP contribution in [0.3, 0.4) is 0 Å². The molecule has 34 heavy (non-hydrogen) atoms. The van der Waals surface area contributed by atoms with E-state index in [4.69, 9.17) is 16.3 Å². The Morgan fingerprint density at radius 1 is 1.06 bits per heavy atom. The lowest BCUT2D eigenvalue weighted by atomic mass is 9.74. The maximum atomic E-state index is 13.1. The molecule has 1 saturated heterocycles. The van der Waals surface area contributed by atoms with Crippen LogP contribution in [0, 0.1) is 11.8 Å². The number of carbonyl (C=O) groups excluding carboxylic acids is 5. The molecule has 0 spiro atoms. The number of carbonyl (C=O) groups is 5. The van der Waals surface area contributed by atoms with Crippen molar-refractivity contribution in [2.45, 2.75) is 56.9 Å². The highest BCUT2D eigenvalue weighted by atomic mass is 35.5. The number of ether oxygens (including phenoxy) is 1. The molecule has 3 atom stereocenters. The Hall–Kier alpha value is -2.74. The third kappa shape index (κ3) is 4.24. The van der Waals surface area contributed by atoms with Gasteiger partial charge in [-0.15, -0.1) is 0 Å². The third-order valence-electron chi connectivity index (χ3n) is 7.50. The second kappa shape index (κ2) is 9.86. The monoisotopic (exact) mass is 488 g/mol. The van der Waals surface area contributed by atoms with E-state index in [0.717, 1.165) is 30.6 Å². The third-order valence-corrected chi connectivity index (χ3v) is 7.83. The summed E-state index contributed by atoms with van der Waals surface area (Å²) in [4.78, 5) is 66.1. The molecular weight excluding hydrogens is 460 g/mol. The second-order valence-electron chi connectivity index (χ2n) is 9.34. The Balaban J connectivity index is 1.43. The van der Waals surface area contributed by atoms with Gasteiger partial charge in [0, 0.05) is 24.1 Å². The summed E-state index contributed by atoms with van der Waals surface area (Å²) >= 11 is 6.42. The molecule has 0 bridgehead atoms. The highest BCUT2D eigenvalue weighted by molar-refractivity contribution is 6.31. The molecule has 1 aliphatic heterocycles. The van der Waals surface area contributed by atoms with Crippen LogP contribution in [0.25, 0.3) is 0 Å². The van der Waals surface area contributed by atoms with Gasteiger partial charge in [-0.25, -0.2) is 0 Å². The van der Waals surface area contributed by atoms with E-state index in [1.165, 1.54) is 11.9 Å². The van der Waals surface area contributed by atoms with Gasteiger partial charge < -0.3 is 9.64 Å². The Labute approximate surface area is 203 Å². The number of rotatable bonds is 6. The van der Waals surface area contributed by atoms with Crippen molar-refractivity contribution in [3.8, 4) is 0 Å². The van der Waals surface area contributed by atoms with E-state index in [-0.39, 0.29) is 29.4 Å². The normalized spacial score (nSPS) is 26.9. The Morgan fingerprint density at radius 3 is 2.32 bits per heavy atom. The summed E-state index contributed by atoms with van der Waals surface area (Å²) in [5.41, 5.74) is -0.671. The molecule has 3 unspecified atom stereocenters. The van der Waals surface area contributed by atoms with Crippen molar-refractivity contribution in [3.63, 3.8) is 0 Å². The summed E-state index contributed by atoms with van der Waals surface area (Å²) in [7, 11) is 1.51. The number of amides is 3. The van der Waals surface area contributed by atoms with Gasteiger partial charge in [0.2, 0.25) is 11.8 Å². The summed E-state index contributed by atoms with van der Waals surface area (Å²) < 4.78 is 5.15. The highest BCUT2D eigenvalue weighted by Crippen LogP contribution is 2.42. The standard InChI is InChI=1S/C25H29ClN2O6/c1-27(25(13-7-6-12-20(25)29)18-10-4-5-11-19(18)26)21(30)15-34-22(31)14-28-23(32)16-8-2-3-9-17(16)24(28)33/h4-5,10-11,16-17H,2-3,6-9,12-15H2,1H3. The Kier molecular flexibility index (Phi) is 7.07. The zero-order chi connectivity index (χ0) is 24.5. The molecular formula is C25H29ClN2O6. The van der Waals surface area contributed by atoms with Crippen LogP contribution < -0.4 is 0 Å². The van der Waals surface area contributed by atoms with E-state index in [1.807, 2.05) is 0 Å². The number of hydrogen-bond acceptors (Lipinski definition) is 6. The lowest BCUT2D eigenvalue weighted by Gasteiger charge is -2.43. The smallest absolute Gasteiger partial charge is 0.326 e. The van der Waals surface area contributed by atoms with Crippen LogP contribution in [0.5, 0.6) is 0 Å². The van der Waals surface area contributed by atoms with E-state index < -0.39 is 30.6 Å². The van der Waals surface area contributed by atoms with Crippen molar-refractivity contribution in [2.24, 2.45) is 11.8 Å². The van der Waals surface area contributed by atoms with Gasteiger partial charge >= 0.3 is 5.97 Å². The van der Waals surface area contributed by atoms with E-state index in [1.54, 1.807) is 24.3 Å². The summed E-state index contributed by atoms with van der Waals surface area (Å²) in [6.07, 6.45) is 5.33. The summed E-state index contributed by atoms with van der Waals surface area (Å²) in [5.74, 6) is -2.87. The maximum absolute atomic E-state index is 13.1. The first-order valence-corrected chi connectivity index (χ1v) is 12.2. The van der Waals surface area contributed by atoms with Crippen molar-refractivity contribution in [1.29, 1.82) is 0 Å². The van der Waals surface area contributed by atoms with Crippen molar-refractivity contribution in [1.82, 2.24) is 9.80 Å². The second-order valence-corrected chi connectivity index (χ2v) is 9.75. The number of halogens is 1. The molecule has 8 nitrogen and oxygen atoms in total. The quantitative estimate of drug-likeness (QED) is 0.451. The lowest BCUT2D eigenvalue weighted by molar-refractivity contribution is -0.160. The molecule has 4 rings (SSSR count). The van der Waals surface area contributed by atoms with Gasteiger partial charge in [0.15, 0.2) is 12.4 Å². The number of benzene rings is 1. The number of Topliss-reactive ketones (excluding diaryl/α,β-unsaturated/α-hetero) is 1. The van der Waals surface area contributed by atoms with Crippen molar-refractivity contribution in [3.05, 3.63) is 34.9 Å². The zero-order valence-electron chi connectivity index (χ0n) is 19.3. The SMILES string of the molecule is CN(C(=O)COC(=O)CN1C(=O)C2CCCCC2C1=O)C1(c2ccccc2Cl)CCCCC1=O. The van der Waals surface area contributed by atoms with Gasteiger partial charge in [-0.1, -0.05) is 42.6 Å². The molecule has 1 heterocycles. The average Bonchev–Trinajstić information content (AvgIpc) is 3.08. The summed E-state index contributed by atoms with van der Waals surface area (Å²) in [6, 6.07) is 6.95. The molecule has 1 aromatic rings. The van der Waals surface area contributed by atoms with Crippen LogP contribution in [0.1, 0.15) is 56.9 Å². The molecule has 2 aliphatic carbocycles. The molecule has 0 N–H and O–H groups in total. The number of likely N-dealkylation sites (N-methyl/N-ethyl adjacent to an activating group) is 1. The van der Waals surface area contributed by atoms with E-state index in [2.05, 4.69) is 0 Å². The Morgan fingerprint density at radius 2 is 1.71 bits per heavy atom. The van der Waals surface area contributed by atoms with Crippen LogP contribution in [0.4, 0.5) is 0 Å². The average molecular weight is 489 g/mol. The topological polar surface area (TPSA) is 101 Å². The zero-order valence-corrected chi connectivity index (χ0v) is 20.0. The molecule has 0 aromatic heterocycles.